The number of nitrogens with zero attached hydrogens (tertiary/aromatic N) is 2. The van der Waals surface area contributed by atoms with Crippen molar-refractivity contribution in [3.8, 4) is 12.3 Å². The van der Waals surface area contributed by atoms with E-state index < -0.39 is 0 Å². The van der Waals surface area contributed by atoms with Gasteiger partial charge in [-0.2, -0.15) is 4.98 Å². The van der Waals surface area contributed by atoms with Crippen LogP contribution in [0.15, 0.2) is 4.52 Å². The van der Waals surface area contributed by atoms with Gasteiger partial charge in [-0.1, -0.05) is 11.1 Å². The minimum Gasteiger partial charge on any atom is -0.381 e. The van der Waals surface area contributed by atoms with E-state index in [4.69, 9.17) is 15.7 Å². The number of terminal acetylenes is 1. The molecular weight excluding hydrogens is 206 g/mol. The topological polar surface area (TPSA) is 60.2 Å². The normalized spacial score (nSPS) is 20.6. The summed E-state index contributed by atoms with van der Waals surface area (Å²) in [7, 11) is 0. The van der Waals surface area contributed by atoms with Crippen LogP contribution in [0.3, 0.4) is 0 Å². The highest BCUT2D eigenvalue weighted by Gasteiger charge is 2.21. The van der Waals surface area contributed by atoms with E-state index in [-0.39, 0.29) is 5.92 Å². The Morgan fingerprint density at radius 2 is 2.50 bits per heavy atom. The Hall–Kier alpha value is -1.38. The van der Waals surface area contributed by atoms with Crippen LogP contribution in [0.1, 0.15) is 30.5 Å². The number of aromatic nitrogens is 2. The Morgan fingerprint density at radius 3 is 3.25 bits per heavy atom. The molecule has 1 saturated heterocycles. The van der Waals surface area contributed by atoms with E-state index in [0.717, 1.165) is 25.3 Å². The molecule has 1 aliphatic heterocycles. The molecule has 1 atom stereocenters. The van der Waals surface area contributed by atoms with Crippen LogP contribution in [-0.2, 0) is 11.3 Å². The molecular formula is C11H15N3O2. The first-order chi connectivity index (χ1) is 7.90. The van der Waals surface area contributed by atoms with E-state index in [0.29, 0.717) is 25.6 Å². The Labute approximate surface area is 94.6 Å². The molecule has 2 heterocycles. The van der Waals surface area contributed by atoms with Gasteiger partial charge >= 0.3 is 0 Å². The smallest absolute Gasteiger partial charge is 0.240 e. The van der Waals surface area contributed by atoms with Crippen molar-refractivity contribution < 1.29 is 9.26 Å². The summed E-state index contributed by atoms with van der Waals surface area (Å²) in [5.41, 5.74) is 0. The van der Waals surface area contributed by atoms with Gasteiger partial charge in [0.05, 0.1) is 19.7 Å². The number of ether oxygens (including phenoxy) is 1. The molecule has 5 nitrogen and oxygen atoms in total. The van der Waals surface area contributed by atoms with Crippen LogP contribution in [0.2, 0.25) is 0 Å². The summed E-state index contributed by atoms with van der Waals surface area (Å²) in [5.74, 6) is 4.09. The molecule has 0 aliphatic carbocycles. The molecule has 1 aromatic heterocycles. The fourth-order valence-electron chi connectivity index (χ4n) is 1.69. The summed E-state index contributed by atoms with van der Waals surface area (Å²) in [6.07, 6.45) is 7.24. The Balaban J connectivity index is 1.88. The van der Waals surface area contributed by atoms with E-state index >= 15 is 0 Å². The Bertz CT molecular complexity index is 364. The van der Waals surface area contributed by atoms with Crippen molar-refractivity contribution in [3.63, 3.8) is 0 Å². The third-order valence-corrected chi connectivity index (χ3v) is 2.51. The zero-order chi connectivity index (χ0) is 11.2. The average Bonchev–Trinajstić information content (AvgIpc) is 2.79. The SMILES string of the molecule is C#CCNCc1nc(C2CCCOC2)no1. The zero-order valence-corrected chi connectivity index (χ0v) is 9.11. The lowest BCUT2D eigenvalue weighted by Crippen LogP contribution is -2.17. The minimum absolute atomic E-state index is 0.277. The molecule has 1 aliphatic rings. The maximum atomic E-state index is 5.38. The van der Waals surface area contributed by atoms with Gasteiger partial charge in [-0.05, 0) is 12.8 Å². The van der Waals surface area contributed by atoms with Gasteiger partial charge in [-0.3, -0.25) is 5.32 Å². The molecule has 0 radical (unpaired) electrons. The molecule has 0 bridgehead atoms. The first kappa shape index (κ1) is 11.1. The van der Waals surface area contributed by atoms with Crippen molar-refractivity contribution in [2.45, 2.75) is 25.3 Å². The highest BCUT2D eigenvalue weighted by molar-refractivity contribution is 4.97. The molecule has 2 rings (SSSR count). The molecule has 1 aromatic rings. The van der Waals surface area contributed by atoms with Crippen LogP contribution in [0, 0.1) is 12.3 Å². The second-order valence-corrected chi connectivity index (χ2v) is 3.77. The highest BCUT2D eigenvalue weighted by atomic mass is 16.5. The van der Waals surface area contributed by atoms with E-state index in [1.54, 1.807) is 0 Å². The van der Waals surface area contributed by atoms with Gasteiger partial charge in [0.25, 0.3) is 0 Å². The van der Waals surface area contributed by atoms with Gasteiger partial charge in [0.2, 0.25) is 5.89 Å². The predicted molar refractivity (Wildman–Crippen MR) is 57.6 cm³/mol. The van der Waals surface area contributed by atoms with Crippen molar-refractivity contribution in [1.29, 1.82) is 0 Å². The fraction of sp³-hybridized carbons (Fsp3) is 0.636. The minimum atomic E-state index is 0.277. The first-order valence-corrected chi connectivity index (χ1v) is 5.44. The standard InChI is InChI=1S/C11H15N3O2/c1-2-5-12-7-10-13-11(14-16-10)9-4-3-6-15-8-9/h1,9,12H,3-8H2. The maximum Gasteiger partial charge on any atom is 0.240 e. The summed E-state index contributed by atoms with van der Waals surface area (Å²) in [6, 6.07) is 0. The number of rotatable bonds is 4. The van der Waals surface area contributed by atoms with Gasteiger partial charge in [-0.25, -0.2) is 0 Å². The van der Waals surface area contributed by atoms with E-state index in [1.807, 2.05) is 0 Å². The quantitative estimate of drug-likeness (QED) is 0.598. The van der Waals surface area contributed by atoms with Gasteiger partial charge in [0.1, 0.15) is 0 Å². The molecule has 0 amide bonds. The predicted octanol–water partition coefficient (Wildman–Crippen LogP) is 0.686. The molecule has 5 heteroatoms. The van der Waals surface area contributed by atoms with Gasteiger partial charge in [0.15, 0.2) is 5.82 Å². The zero-order valence-electron chi connectivity index (χ0n) is 9.11. The third-order valence-electron chi connectivity index (χ3n) is 2.51. The first-order valence-electron chi connectivity index (χ1n) is 5.44. The Kier molecular flexibility index (Phi) is 3.91. The Morgan fingerprint density at radius 1 is 1.56 bits per heavy atom. The van der Waals surface area contributed by atoms with Crippen LogP contribution in [0.4, 0.5) is 0 Å². The van der Waals surface area contributed by atoms with Gasteiger partial charge in [-0.15, -0.1) is 6.42 Å². The average molecular weight is 221 g/mol. The van der Waals surface area contributed by atoms with Crippen LogP contribution in [0.25, 0.3) is 0 Å². The number of nitrogens with one attached hydrogen (secondary N) is 1. The molecule has 1 fully saturated rings. The van der Waals surface area contributed by atoms with Crippen LogP contribution >= 0.6 is 0 Å². The summed E-state index contributed by atoms with van der Waals surface area (Å²) in [6.45, 7) is 2.55. The lowest BCUT2D eigenvalue weighted by molar-refractivity contribution is 0.0773. The van der Waals surface area contributed by atoms with Crippen molar-refractivity contribution in [2.75, 3.05) is 19.8 Å². The van der Waals surface area contributed by atoms with E-state index in [2.05, 4.69) is 21.4 Å². The number of hydrogen-bond acceptors (Lipinski definition) is 5. The lowest BCUT2D eigenvalue weighted by atomic mass is 10.0. The fourth-order valence-corrected chi connectivity index (χ4v) is 1.69. The van der Waals surface area contributed by atoms with Gasteiger partial charge in [0, 0.05) is 12.5 Å². The highest BCUT2D eigenvalue weighted by Crippen LogP contribution is 2.22. The second-order valence-electron chi connectivity index (χ2n) is 3.77. The summed E-state index contributed by atoms with van der Waals surface area (Å²) in [4.78, 5) is 4.32. The summed E-state index contributed by atoms with van der Waals surface area (Å²) >= 11 is 0. The largest absolute Gasteiger partial charge is 0.381 e. The molecule has 1 N–H and O–H groups in total. The van der Waals surface area contributed by atoms with Crippen molar-refractivity contribution in [2.24, 2.45) is 0 Å². The molecule has 0 saturated carbocycles. The second kappa shape index (κ2) is 5.64. The van der Waals surface area contributed by atoms with Gasteiger partial charge < -0.3 is 9.26 Å². The molecule has 0 aromatic carbocycles. The molecule has 1 unspecified atom stereocenters. The van der Waals surface area contributed by atoms with E-state index in [9.17, 15) is 0 Å². The van der Waals surface area contributed by atoms with Crippen molar-refractivity contribution >= 4 is 0 Å². The lowest BCUT2D eigenvalue weighted by Gasteiger charge is -2.18. The third kappa shape index (κ3) is 2.81. The van der Waals surface area contributed by atoms with Crippen molar-refractivity contribution in [1.82, 2.24) is 15.5 Å². The molecule has 86 valence electrons. The molecule has 16 heavy (non-hydrogen) atoms. The van der Waals surface area contributed by atoms with Crippen molar-refractivity contribution in [3.05, 3.63) is 11.7 Å². The number of hydrogen-bond donors (Lipinski definition) is 1. The van der Waals surface area contributed by atoms with Crippen LogP contribution in [-0.4, -0.2) is 29.9 Å². The van der Waals surface area contributed by atoms with E-state index in [1.165, 1.54) is 0 Å². The van der Waals surface area contributed by atoms with Crippen LogP contribution in [0.5, 0.6) is 0 Å². The summed E-state index contributed by atoms with van der Waals surface area (Å²) < 4.78 is 10.5. The van der Waals surface area contributed by atoms with Crippen LogP contribution < -0.4 is 5.32 Å². The monoisotopic (exact) mass is 221 g/mol. The maximum absolute atomic E-state index is 5.38. The summed E-state index contributed by atoms with van der Waals surface area (Å²) in [5, 5.41) is 6.96. The molecule has 0 spiro atoms.